The van der Waals surface area contributed by atoms with Crippen molar-refractivity contribution in [1.29, 1.82) is 0 Å². The first-order valence-corrected chi connectivity index (χ1v) is 3.99. The summed E-state index contributed by atoms with van der Waals surface area (Å²) in [5.74, 6) is 0.103. The SMILES string of the molecule is C=C1CC(C)(C)C(=O)C(C)=C1O. The lowest BCUT2D eigenvalue weighted by Gasteiger charge is -2.29. The Morgan fingerprint density at radius 1 is 1.50 bits per heavy atom. The number of rotatable bonds is 0. The molecule has 0 aromatic heterocycles. The molecule has 0 spiro atoms. The minimum Gasteiger partial charge on any atom is -0.507 e. The molecule has 0 heterocycles. The lowest BCUT2D eigenvalue weighted by molar-refractivity contribution is -0.123. The van der Waals surface area contributed by atoms with E-state index in [4.69, 9.17) is 0 Å². The number of aliphatic hydroxyl groups is 1. The molecule has 0 bridgehead atoms. The number of aliphatic hydroxyl groups excluding tert-OH is 1. The molecule has 0 atom stereocenters. The van der Waals surface area contributed by atoms with E-state index in [-0.39, 0.29) is 11.5 Å². The van der Waals surface area contributed by atoms with Crippen LogP contribution in [0.5, 0.6) is 0 Å². The Bertz CT molecular complexity index is 282. The summed E-state index contributed by atoms with van der Waals surface area (Å²) in [4.78, 5) is 11.5. The van der Waals surface area contributed by atoms with Crippen LogP contribution < -0.4 is 0 Å². The second kappa shape index (κ2) is 2.47. The van der Waals surface area contributed by atoms with Gasteiger partial charge in [0, 0.05) is 11.0 Å². The van der Waals surface area contributed by atoms with Crippen LogP contribution >= 0.6 is 0 Å². The van der Waals surface area contributed by atoms with Crippen molar-refractivity contribution in [2.75, 3.05) is 0 Å². The predicted octanol–water partition coefficient (Wildman–Crippen LogP) is 2.37. The smallest absolute Gasteiger partial charge is 0.168 e. The van der Waals surface area contributed by atoms with E-state index >= 15 is 0 Å². The minimum atomic E-state index is -0.395. The number of ketones is 1. The third-order valence-electron chi connectivity index (χ3n) is 2.30. The molecule has 0 radical (unpaired) electrons. The van der Waals surface area contributed by atoms with Gasteiger partial charge >= 0.3 is 0 Å². The van der Waals surface area contributed by atoms with Crippen LogP contribution in [-0.2, 0) is 4.79 Å². The quantitative estimate of drug-likeness (QED) is 0.599. The van der Waals surface area contributed by atoms with Gasteiger partial charge in [0.05, 0.1) is 0 Å². The van der Waals surface area contributed by atoms with Crippen molar-refractivity contribution in [2.45, 2.75) is 27.2 Å². The summed E-state index contributed by atoms with van der Waals surface area (Å²) < 4.78 is 0. The fraction of sp³-hybridized carbons (Fsp3) is 0.500. The van der Waals surface area contributed by atoms with Crippen LogP contribution in [0.2, 0.25) is 0 Å². The second-order valence-electron chi connectivity index (χ2n) is 3.97. The van der Waals surface area contributed by atoms with Crippen LogP contribution in [0.15, 0.2) is 23.5 Å². The highest BCUT2D eigenvalue weighted by atomic mass is 16.3. The van der Waals surface area contributed by atoms with Gasteiger partial charge in [-0.05, 0) is 18.9 Å². The molecule has 0 fully saturated rings. The number of Topliss-reactive ketones (excluding diaryl/α,β-unsaturated/α-hetero) is 1. The minimum absolute atomic E-state index is 0.0207. The Hall–Kier alpha value is -1.05. The molecule has 0 aromatic carbocycles. The highest BCUT2D eigenvalue weighted by molar-refractivity contribution is 6.01. The molecule has 0 saturated heterocycles. The zero-order valence-corrected chi connectivity index (χ0v) is 7.77. The van der Waals surface area contributed by atoms with Crippen LogP contribution in [0.1, 0.15) is 27.2 Å². The maximum absolute atomic E-state index is 11.5. The molecule has 1 N–H and O–H groups in total. The molecule has 0 aliphatic heterocycles. The number of hydrogen-bond donors (Lipinski definition) is 1. The number of carbonyl (C=O) groups excluding carboxylic acids is 1. The van der Waals surface area contributed by atoms with Crippen LogP contribution in [0.4, 0.5) is 0 Å². The van der Waals surface area contributed by atoms with Gasteiger partial charge in [-0.1, -0.05) is 20.4 Å². The van der Waals surface area contributed by atoms with Crippen LogP contribution in [-0.4, -0.2) is 10.9 Å². The van der Waals surface area contributed by atoms with Gasteiger partial charge in [0.2, 0.25) is 0 Å². The van der Waals surface area contributed by atoms with E-state index < -0.39 is 5.41 Å². The van der Waals surface area contributed by atoms with Crippen molar-refractivity contribution >= 4 is 5.78 Å². The summed E-state index contributed by atoms with van der Waals surface area (Å²) >= 11 is 0. The summed E-state index contributed by atoms with van der Waals surface area (Å²) in [5.41, 5.74) is 0.710. The van der Waals surface area contributed by atoms with E-state index in [9.17, 15) is 9.90 Å². The maximum Gasteiger partial charge on any atom is 0.168 e. The van der Waals surface area contributed by atoms with Gasteiger partial charge in [-0.25, -0.2) is 0 Å². The molecular weight excluding hydrogens is 152 g/mol. The maximum atomic E-state index is 11.5. The molecule has 2 nitrogen and oxygen atoms in total. The van der Waals surface area contributed by atoms with Gasteiger partial charge in [0.15, 0.2) is 5.78 Å². The molecule has 0 amide bonds. The Labute approximate surface area is 72.6 Å². The summed E-state index contributed by atoms with van der Waals surface area (Å²) in [6.07, 6.45) is 0.551. The van der Waals surface area contributed by atoms with E-state index in [0.717, 1.165) is 0 Å². The van der Waals surface area contributed by atoms with Crippen molar-refractivity contribution in [1.82, 2.24) is 0 Å². The largest absolute Gasteiger partial charge is 0.507 e. The van der Waals surface area contributed by atoms with E-state index in [1.165, 1.54) is 0 Å². The highest BCUT2D eigenvalue weighted by Crippen LogP contribution is 2.36. The van der Waals surface area contributed by atoms with E-state index in [0.29, 0.717) is 17.6 Å². The molecule has 12 heavy (non-hydrogen) atoms. The average molecular weight is 166 g/mol. The molecule has 1 rings (SSSR count). The van der Waals surface area contributed by atoms with Crippen molar-refractivity contribution in [2.24, 2.45) is 5.41 Å². The average Bonchev–Trinajstić information content (AvgIpc) is 1.97. The molecule has 1 aliphatic carbocycles. The zero-order chi connectivity index (χ0) is 9.52. The Balaban J connectivity index is 3.19. The van der Waals surface area contributed by atoms with Crippen molar-refractivity contribution in [3.05, 3.63) is 23.5 Å². The van der Waals surface area contributed by atoms with Crippen molar-refractivity contribution in [3.63, 3.8) is 0 Å². The first kappa shape index (κ1) is 9.04. The zero-order valence-electron chi connectivity index (χ0n) is 7.77. The van der Waals surface area contributed by atoms with Crippen LogP contribution in [0.3, 0.4) is 0 Å². The summed E-state index contributed by atoms with van der Waals surface area (Å²) in [7, 11) is 0. The van der Waals surface area contributed by atoms with E-state index in [1.54, 1.807) is 6.92 Å². The summed E-state index contributed by atoms with van der Waals surface area (Å²) in [6, 6.07) is 0. The summed E-state index contributed by atoms with van der Waals surface area (Å²) in [6.45, 7) is 9.10. The number of carbonyl (C=O) groups is 1. The second-order valence-corrected chi connectivity index (χ2v) is 3.97. The van der Waals surface area contributed by atoms with Gasteiger partial charge in [-0.15, -0.1) is 0 Å². The number of allylic oxidation sites excluding steroid dienone is 2. The first-order valence-electron chi connectivity index (χ1n) is 3.99. The fourth-order valence-corrected chi connectivity index (χ4v) is 1.58. The van der Waals surface area contributed by atoms with Crippen LogP contribution in [0.25, 0.3) is 0 Å². The molecule has 66 valence electrons. The summed E-state index contributed by atoms with van der Waals surface area (Å²) in [5, 5.41) is 9.41. The standard InChI is InChI=1S/C10H14O2/c1-6-5-10(3,4)9(12)7(2)8(6)11/h11H,1,5H2,2-4H3. The van der Waals surface area contributed by atoms with Gasteiger partial charge in [0.25, 0.3) is 0 Å². The molecule has 0 saturated carbocycles. The van der Waals surface area contributed by atoms with Gasteiger partial charge in [-0.2, -0.15) is 0 Å². The van der Waals surface area contributed by atoms with Gasteiger partial charge < -0.3 is 5.11 Å². The lowest BCUT2D eigenvalue weighted by atomic mass is 9.74. The molecule has 0 unspecified atom stereocenters. The normalized spacial score (nSPS) is 23.2. The number of hydrogen-bond acceptors (Lipinski definition) is 2. The molecule has 0 aromatic rings. The molecule has 1 aliphatic rings. The van der Waals surface area contributed by atoms with Gasteiger partial charge in [0.1, 0.15) is 5.76 Å². The molecular formula is C10H14O2. The Morgan fingerprint density at radius 3 is 2.50 bits per heavy atom. The lowest BCUT2D eigenvalue weighted by Crippen LogP contribution is -2.30. The monoisotopic (exact) mass is 166 g/mol. The Morgan fingerprint density at radius 2 is 2.00 bits per heavy atom. The predicted molar refractivity (Wildman–Crippen MR) is 47.9 cm³/mol. The molecule has 2 heteroatoms. The Kier molecular flexibility index (Phi) is 1.86. The van der Waals surface area contributed by atoms with Crippen molar-refractivity contribution in [3.8, 4) is 0 Å². The fourth-order valence-electron chi connectivity index (χ4n) is 1.58. The van der Waals surface area contributed by atoms with Crippen molar-refractivity contribution < 1.29 is 9.90 Å². The third-order valence-corrected chi connectivity index (χ3v) is 2.30. The van der Waals surface area contributed by atoms with E-state index in [2.05, 4.69) is 6.58 Å². The van der Waals surface area contributed by atoms with Crippen LogP contribution in [0, 0.1) is 5.41 Å². The third kappa shape index (κ3) is 1.17. The van der Waals surface area contributed by atoms with E-state index in [1.807, 2.05) is 13.8 Å². The highest BCUT2D eigenvalue weighted by Gasteiger charge is 2.35. The first-order chi connectivity index (χ1) is 5.36. The van der Waals surface area contributed by atoms with Gasteiger partial charge in [-0.3, -0.25) is 4.79 Å². The topological polar surface area (TPSA) is 37.3 Å².